The van der Waals surface area contributed by atoms with Crippen molar-refractivity contribution in [2.24, 2.45) is 17.8 Å². The molecule has 2 aromatic carbocycles. The first kappa shape index (κ1) is 23.5. The summed E-state index contributed by atoms with van der Waals surface area (Å²) in [4.78, 5) is 7.08. The van der Waals surface area contributed by atoms with Gasteiger partial charge < -0.3 is 10.6 Å². The van der Waals surface area contributed by atoms with Crippen molar-refractivity contribution in [2.75, 3.05) is 24.2 Å². The van der Waals surface area contributed by atoms with Crippen LogP contribution < -0.4 is 10.6 Å². The number of benzene rings is 2. The molecule has 4 saturated carbocycles. The fourth-order valence-electron chi connectivity index (χ4n) is 8.43. The molecule has 2 heterocycles. The molecule has 5 heteroatoms. The monoisotopic (exact) mass is 512 g/mol. The molecular weight excluding hydrogens is 476 g/mol. The van der Waals surface area contributed by atoms with E-state index in [1.165, 1.54) is 62.5 Å². The summed E-state index contributed by atoms with van der Waals surface area (Å²) in [5.41, 5.74) is 6.17. The Hall–Kier alpha value is -2.56. The van der Waals surface area contributed by atoms with Crippen molar-refractivity contribution in [1.29, 1.82) is 0 Å². The molecule has 1 aliphatic heterocycles. The van der Waals surface area contributed by atoms with Crippen LogP contribution in [-0.2, 0) is 5.41 Å². The van der Waals surface area contributed by atoms with E-state index < -0.39 is 0 Å². The van der Waals surface area contributed by atoms with Crippen LogP contribution >= 0.6 is 11.6 Å². The third kappa shape index (κ3) is 4.42. The molecule has 5 aliphatic rings. The first-order valence-electron chi connectivity index (χ1n) is 14.1. The molecule has 37 heavy (non-hydrogen) atoms. The number of aromatic nitrogens is 1. The summed E-state index contributed by atoms with van der Waals surface area (Å²) in [7, 11) is 2.20. The van der Waals surface area contributed by atoms with Crippen molar-refractivity contribution in [3.8, 4) is 0 Å². The quantitative estimate of drug-likeness (QED) is 0.347. The summed E-state index contributed by atoms with van der Waals surface area (Å²) in [6, 6.07) is 19.9. The predicted octanol–water partition coefficient (Wildman–Crippen LogP) is 8.46. The van der Waals surface area contributed by atoms with Gasteiger partial charge in [0.05, 0.1) is 10.7 Å². The fraction of sp³-hybridized carbons (Fsp3) is 0.469. The van der Waals surface area contributed by atoms with E-state index in [9.17, 15) is 0 Å². The van der Waals surface area contributed by atoms with Gasteiger partial charge in [-0.3, -0.25) is 4.90 Å². The van der Waals surface area contributed by atoms with Crippen LogP contribution in [0.15, 0.2) is 60.8 Å². The van der Waals surface area contributed by atoms with Gasteiger partial charge in [0.1, 0.15) is 5.82 Å². The lowest BCUT2D eigenvalue weighted by atomic mass is 9.48. The van der Waals surface area contributed by atoms with Gasteiger partial charge in [0.2, 0.25) is 0 Å². The molecule has 2 N–H and O–H groups in total. The van der Waals surface area contributed by atoms with E-state index in [2.05, 4.69) is 76.1 Å². The smallest absolute Gasteiger partial charge is 0.135 e. The summed E-state index contributed by atoms with van der Waals surface area (Å²) < 4.78 is 0. The highest BCUT2D eigenvalue weighted by atomic mass is 35.5. The van der Waals surface area contributed by atoms with Crippen molar-refractivity contribution >= 4 is 34.5 Å². The van der Waals surface area contributed by atoms with Crippen molar-refractivity contribution in [3.05, 3.63) is 76.9 Å². The average molecular weight is 513 g/mol. The first-order valence-corrected chi connectivity index (χ1v) is 14.5. The van der Waals surface area contributed by atoms with E-state index in [-0.39, 0.29) is 0 Å². The van der Waals surface area contributed by atoms with Crippen molar-refractivity contribution in [3.63, 3.8) is 0 Å². The van der Waals surface area contributed by atoms with Crippen LogP contribution in [-0.4, -0.2) is 23.5 Å². The van der Waals surface area contributed by atoms with Gasteiger partial charge >= 0.3 is 0 Å². The summed E-state index contributed by atoms with van der Waals surface area (Å²) >= 11 is 6.86. The van der Waals surface area contributed by atoms with E-state index in [1.807, 2.05) is 12.3 Å². The van der Waals surface area contributed by atoms with Gasteiger partial charge in [-0.15, -0.1) is 0 Å². The van der Waals surface area contributed by atoms with E-state index in [0.717, 1.165) is 52.2 Å². The predicted molar refractivity (Wildman–Crippen MR) is 153 cm³/mol. The molecule has 5 fully saturated rings. The minimum Gasteiger partial charge on any atom is -0.354 e. The summed E-state index contributed by atoms with van der Waals surface area (Å²) in [6.07, 6.45) is 12.8. The lowest BCUT2D eigenvalue weighted by Gasteiger charge is -2.57. The van der Waals surface area contributed by atoms with Crippen LogP contribution in [0.1, 0.15) is 68.5 Å². The molecule has 0 amide bonds. The van der Waals surface area contributed by atoms with Crippen molar-refractivity contribution < 1.29 is 0 Å². The Kier molecular flexibility index (Phi) is 5.93. The third-order valence-electron chi connectivity index (χ3n) is 9.76. The Morgan fingerprint density at radius 3 is 2.19 bits per heavy atom. The molecule has 8 rings (SSSR count). The minimum atomic E-state index is 0.377. The molecular formula is C32H37ClN4. The maximum Gasteiger partial charge on any atom is 0.135 e. The lowest BCUT2D eigenvalue weighted by Crippen LogP contribution is -2.48. The summed E-state index contributed by atoms with van der Waals surface area (Å²) in [6.45, 7) is 1.14. The molecule has 1 aromatic heterocycles. The largest absolute Gasteiger partial charge is 0.354 e. The van der Waals surface area contributed by atoms with Crippen molar-refractivity contribution in [1.82, 2.24) is 9.88 Å². The Labute approximate surface area is 225 Å². The number of nitrogens with zero attached hydrogens (tertiary/aromatic N) is 2. The highest BCUT2D eigenvalue weighted by molar-refractivity contribution is 6.33. The molecule has 4 nitrogen and oxygen atoms in total. The van der Waals surface area contributed by atoms with Crippen LogP contribution in [0.25, 0.3) is 0 Å². The average Bonchev–Trinajstić information content (AvgIpc) is 3.31. The number of pyridine rings is 1. The molecule has 3 aromatic rings. The molecule has 0 radical (unpaired) electrons. The topological polar surface area (TPSA) is 40.2 Å². The Morgan fingerprint density at radius 2 is 1.57 bits per heavy atom. The second kappa shape index (κ2) is 9.32. The molecule has 1 atom stereocenters. The van der Waals surface area contributed by atoms with E-state index in [1.54, 1.807) is 0 Å². The zero-order valence-electron chi connectivity index (χ0n) is 21.7. The lowest BCUT2D eigenvalue weighted by molar-refractivity contribution is -0.00517. The molecule has 1 saturated heterocycles. The highest BCUT2D eigenvalue weighted by Crippen LogP contribution is 2.61. The van der Waals surface area contributed by atoms with Crippen LogP contribution in [0.2, 0.25) is 5.02 Å². The fourth-order valence-corrected chi connectivity index (χ4v) is 8.66. The van der Waals surface area contributed by atoms with Gasteiger partial charge in [-0.2, -0.15) is 0 Å². The number of rotatable bonds is 6. The number of nitrogens with one attached hydrogen (secondary N) is 2. The van der Waals surface area contributed by atoms with Crippen LogP contribution in [0.5, 0.6) is 0 Å². The van der Waals surface area contributed by atoms with E-state index in [0.29, 0.717) is 11.5 Å². The SMILES string of the molecule is CN1CCCC1c1cccnc1Nc1ccc(Nc2ccc(C34CC5CC(CC(C5)C3)C4)cc2Cl)cc1. The van der Waals surface area contributed by atoms with Gasteiger partial charge in [0.15, 0.2) is 0 Å². The van der Waals surface area contributed by atoms with Gasteiger partial charge in [-0.05, 0) is 136 Å². The zero-order valence-corrected chi connectivity index (χ0v) is 22.5. The number of hydrogen-bond acceptors (Lipinski definition) is 4. The van der Waals surface area contributed by atoms with Gasteiger partial charge in [-0.25, -0.2) is 4.98 Å². The van der Waals surface area contributed by atoms with E-state index in [4.69, 9.17) is 11.6 Å². The van der Waals surface area contributed by atoms with Crippen LogP contribution in [0, 0.1) is 17.8 Å². The first-order chi connectivity index (χ1) is 18.0. The second-order valence-corrected chi connectivity index (χ2v) is 12.7. The molecule has 4 aliphatic carbocycles. The van der Waals surface area contributed by atoms with Gasteiger partial charge in [0, 0.05) is 29.2 Å². The minimum absolute atomic E-state index is 0.377. The maximum atomic E-state index is 6.86. The summed E-state index contributed by atoms with van der Waals surface area (Å²) in [5.74, 6) is 3.77. The maximum absolute atomic E-state index is 6.86. The standard InChI is InChI=1S/C32H37ClN4/c1-37-13-3-5-30(37)27-4-2-12-34-31(27)36-26-9-7-25(8-10-26)35-29-11-6-24(17-28(29)33)32-18-21-14-22(19-32)16-23(15-21)20-32/h2,4,6-12,17,21-23,30,35H,3,5,13-16,18-20H2,1H3,(H,34,36). The summed E-state index contributed by atoms with van der Waals surface area (Å²) in [5, 5.41) is 7.92. The number of halogens is 1. The zero-order chi connectivity index (χ0) is 25.0. The molecule has 0 spiro atoms. The normalized spacial score (nSPS) is 30.5. The molecule has 192 valence electrons. The molecule has 4 bridgehead atoms. The van der Waals surface area contributed by atoms with E-state index >= 15 is 0 Å². The Balaban J connectivity index is 1.05. The second-order valence-electron chi connectivity index (χ2n) is 12.3. The van der Waals surface area contributed by atoms with Gasteiger partial charge in [-0.1, -0.05) is 23.7 Å². The third-order valence-corrected chi connectivity index (χ3v) is 10.1. The molecule has 1 unspecified atom stereocenters. The van der Waals surface area contributed by atoms with Crippen LogP contribution in [0.4, 0.5) is 22.9 Å². The number of likely N-dealkylation sites (tertiary alicyclic amines) is 1. The van der Waals surface area contributed by atoms with Crippen LogP contribution in [0.3, 0.4) is 0 Å². The number of anilines is 4. The van der Waals surface area contributed by atoms with Crippen molar-refractivity contribution in [2.45, 2.75) is 62.8 Å². The Morgan fingerprint density at radius 1 is 0.892 bits per heavy atom. The highest BCUT2D eigenvalue weighted by Gasteiger charge is 2.51. The number of hydrogen-bond donors (Lipinski definition) is 2. The Bertz CT molecular complexity index is 1250. The van der Waals surface area contributed by atoms with Gasteiger partial charge in [0.25, 0.3) is 0 Å².